The highest BCUT2D eigenvalue weighted by Gasteiger charge is 2.22. The molecule has 5 heteroatoms. The molecule has 0 unspecified atom stereocenters. The van der Waals surface area contributed by atoms with Gasteiger partial charge in [0, 0.05) is 10.8 Å². The van der Waals surface area contributed by atoms with E-state index in [0.29, 0.717) is 5.03 Å². The van der Waals surface area contributed by atoms with Crippen molar-refractivity contribution >= 4 is 28.5 Å². The van der Waals surface area contributed by atoms with E-state index in [1.807, 2.05) is 54.6 Å². The second kappa shape index (κ2) is 5.93. The van der Waals surface area contributed by atoms with Gasteiger partial charge in [-0.3, -0.25) is 4.79 Å². The summed E-state index contributed by atoms with van der Waals surface area (Å²) in [5.41, 5.74) is 0.740. The molecule has 0 bridgehead atoms. The summed E-state index contributed by atoms with van der Waals surface area (Å²) in [6.07, 6.45) is 1.68. The van der Waals surface area contributed by atoms with Gasteiger partial charge >= 0.3 is 5.97 Å². The maximum absolute atomic E-state index is 11.6. The van der Waals surface area contributed by atoms with Gasteiger partial charge < -0.3 is 5.11 Å². The summed E-state index contributed by atoms with van der Waals surface area (Å²) in [6, 6.07) is 16.8. The molecule has 0 aliphatic carbocycles. The van der Waals surface area contributed by atoms with Crippen LogP contribution >= 0.6 is 11.8 Å². The van der Waals surface area contributed by atoms with E-state index in [1.165, 1.54) is 11.8 Å². The van der Waals surface area contributed by atoms with Gasteiger partial charge in [-0.1, -0.05) is 66.4 Å². The third-order valence-corrected chi connectivity index (χ3v) is 4.33. The maximum atomic E-state index is 11.6. The Balaban J connectivity index is 2.01. The zero-order chi connectivity index (χ0) is 14.7. The van der Waals surface area contributed by atoms with E-state index >= 15 is 0 Å². The Morgan fingerprint density at radius 1 is 1.05 bits per heavy atom. The van der Waals surface area contributed by atoms with Gasteiger partial charge in [0.15, 0.2) is 0 Å². The molecule has 0 saturated heterocycles. The van der Waals surface area contributed by atoms with Gasteiger partial charge in [0.1, 0.15) is 10.3 Å². The number of aliphatic carboxylic acids is 1. The molecule has 1 N–H and O–H groups in total. The number of fused-ring (bicyclic) bond motifs is 1. The lowest BCUT2D eigenvalue weighted by Gasteiger charge is -2.12. The van der Waals surface area contributed by atoms with Crippen LogP contribution in [-0.4, -0.2) is 21.3 Å². The Morgan fingerprint density at radius 3 is 2.52 bits per heavy atom. The molecule has 0 spiro atoms. The van der Waals surface area contributed by atoms with Crippen LogP contribution in [0.25, 0.3) is 10.8 Å². The molecule has 0 aliphatic rings. The second-order valence-corrected chi connectivity index (χ2v) is 5.58. The van der Waals surface area contributed by atoms with Crippen molar-refractivity contribution in [3.63, 3.8) is 0 Å². The molecular weight excluding hydrogens is 284 g/mol. The molecular formula is C16H12N2O2S. The molecule has 3 rings (SSSR count). The van der Waals surface area contributed by atoms with Crippen LogP contribution in [0.3, 0.4) is 0 Å². The van der Waals surface area contributed by atoms with Crippen LogP contribution in [0.1, 0.15) is 10.8 Å². The number of hydrogen-bond donors (Lipinski definition) is 1. The normalized spacial score (nSPS) is 12.2. The van der Waals surface area contributed by atoms with Crippen molar-refractivity contribution in [1.29, 1.82) is 0 Å². The first kappa shape index (κ1) is 13.6. The first-order valence-corrected chi connectivity index (χ1v) is 7.28. The number of benzene rings is 2. The zero-order valence-corrected chi connectivity index (χ0v) is 11.8. The van der Waals surface area contributed by atoms with Crippen LogP contribution in [0.5, 0.6) is 0 Å². The van der Waals surface area contributed by atoms with Gasteiger partial charge in [0.2, 0.25) is 0 Å². The Hall–Kier alpha value is -2.40. The van der Waals surface area contributed by atoms with Crippen molar-refractivity contribution in [1.82, 2.24) is 10.2 Å². The minimum absolute atomic E-state index is 0.629. The van der Waals surface area contributed by atoms with Crippen molar-refractivity contribution < 1.29 is 9.90 Å². The van der Waals surface area contributed by atoms with E-state index in [0.717, 1.165) is 16.3 Å². The number of carboxylic acids is 1. The molecule has 1 atom stereocenters. The number of aromatic nitrogens is 2. The van der Waals surface area contributed by atoms with E-state index in [1.54, 1.807) is 6.20 Å². The molecule has 4 nitrogen and oxygen atoms in total. The largest absolute Gasteiger partial charge is 0.480 e. The quantitative estimate of drug-likeness (QED) is 0.746. The molecule has 21 heavy (non-hydrogen) atoms. The highest BCUT2D eigenvalue weighted by molar-refractivity contribution is 8.00. The van der Waals surface area contributed by atoms with Crippen molar-refractivity contribution in [2.45, 2.75) is 10.3 Å². The number of hydrogen-bond acceptors (Lipinski definition) is 4. The second-order valence-electron chi connectivity index (χ2n) is 4.48. The fraction of sp³-hybridized carbons (Fsp3) is 0.0625. The third kappa shape index (κ3) is 2.87. The van der Waals surface area contributed by atoms with Crippen molar-refractivity contribution in [2.24, 2.45) is 0 Å². The summed E-state index contributed by atoms with van der Waals surface area (Å²) in [5.74, 6) is -0.888. The smallest absolute Gasteiger partial charge is 0.321 e. The molecule has 1 aromatic heterocycles. The lowest BCUT2D eigenvalue weighted by atomic mass is 10.1. The van der Waals surface area contributed by atoms with Crippen molar-refractivity contribution in [2.75, 3.05) is 0 Å². The van der Waals surface area contributed by atoms with E-state index in [4.69, 9.17) is 0 Å². The summed E-state index contributed by atoms with van der Waals surface area (Å²) < 4.78 is 0. The summed E-state index contributed by atoms with van der Waals surface area (Å²) in [6.45, 7) is 0. The van der Waals surface area contributed by atoms with Gasteiger partial charge in [-0.15, -0.1) is 5.10 Å². The van der Waals surface area contributed by atoms with Crippen LogP contribution in [0, 0.1) is 0 Å². The van der Waals surface area contributed by atoms with Crippen LogP contribution in [0.15, 0.2) is 65.8 Å². The monoisotopic (exact) mass is 296 g/mol. The first-order chi connectivity index (χ1) is 10.3. The van der Waals surface area contributed by atoms with Crippen LogP contribution in [0.4, 0.5) is 0 Å². The van der Waals surface area contributed by atoms with E-state index in [9.17, 15) is 9.90 Å². The molecule has 0 fully saturated rings. The number of nitrogens with zero attached hydrogens (tertiary/aromatic N) is 2. The predicted octanol–water partition coefficient (Wildman–Crippen LogP) is 3.55. The Kier molecular flexibility index (Phi) is 3.83. The fourth-order valence-corrected chi connectivity index (χ4v) is 3.11. The maximum Gasteiger partial charge on any atom is 0.321 e. The average Bonchev–Trinajstić information content (AvgIpc) is 2.53. The van der Waals surface area contributed by atoms with Gasteiger partial charge in [-0.05, 0) is 5.56 Å². The van der Waals surface area contributed by atoms with Crippen LogP contribution in [-0.2, 0) is 4.79 Å². The van der Waals surface area contributed by atoms with Crippen molar-refractivity contribution in [3.05, 3.63) is 66.4 Å². The summed E-state index contributed by atoms with van der Waals surface area (Å²) in [7, 11) is 0. The van der Waals surface area contributed by atoms with E-state index in [2.05, 4.69) is 10.2 Å². The minimum atomic E-state index is -0.888. The van der Waals surface area contributed by atoms with E-state index in [-0.39, 0.29) is 0 Å². The third-order valence-electron chi connectivity index (χ3n) is 3.09. The van der Waals surface area contributed by atoms with Crippen LogP contribution < -0.4 is 0 Å². The number of carbonyl (C=O) groups is 1. The highest BCUT2D eigenvalue weighted by Crippen LogP contribution is 2.37. The molecule has 0 saturated carbocycles. The van der Waals surface area contributed by atoms with E-state index < -0.39 is 11.2 Å². The fourth-order valence-electron chi connectivity index (χ4n) is 2.09. The lowest BCUT2D eigenvalue weighted by molar-refractivity contribution is -0.136. The Labute approximate surface area is 125 Å². The van der Waals surface area contributed by atoms with Gasteiger partial charge in [0.05, 0.1) is 6.20 Å². The number of carboxylic acid groups (broad SMARTS) is 1. The summed E-state index contributed by atoms with van der Waals surface area (Å²) in [4.78, 5) is 11.6. The SMILES string of the molecule is O=C(O)[C@@H](Sc1nncc2ccccc12)c1ccccc1. The topological polar surface area (TPSA) is 63.1 Å². The molecule has 0 aliphatic heterocycles. The molecule has 1 heterocycles. The molecule has 0 amide bonds. The number of thioether (sulfide) groups is 1. The zero-order valence-electron chi connectivity index (χ0n) is 11.0. The molecule has 3 aromatic rings. The van der Waals surface area contributed by atoms with Gasteiger partial charge in [0.25, 0.3) is 0 Å². The average molecular weight is 296 g/mol. The molecule has 2 aromatic carbocycles. The van der Waals surface area contributed by atoms with Crippen molar-refractivity contribution in [3.8, 4) is 0 Å². The summed E-state index contributed by atoms with van der Waals surface area (Å²) in [5, 5.41) is 19.3. The molecule has 104 valence electrons. The lowest BCUT2D eigenvalue weighted by Crippen LogP contribution is -2.08. The molecule has 0 radical (unpaired) electrons. The minimum Gasteiger partial charge on any atom is -0.480 e. The van der Waals surface area contributed by atoms with Gasteiger partial charge in [-0.2, -0.15) is 5.10 Å². The van der Waals surface area contributed by atoms with Crippen LogP contribution in [0.2, 0.25) is 0 Å². The van der Waals surface area contributed by atoms with Gasteiger partial charge in [-0.25, -0.2) is 0 Å². The standard InChI is InChI=1S/C16H12N2O2S/c19-16(20)14(11-6-2-1-3-7-11)21-15-13-9-5-4-8-12(13)10-17-18-15/h1-10,14H,(H,19,20)/t14-/m0/s1. The highest BCUT2D eigenvalue weighted by atomic mass is 32.2. The predicted molar refractivity (Wildman–Crippen MR) is 82.2 cm³/mol. The number of rotatable bonds is 4. The Bertz CT molecular complexity index is 772. The first-order valence-electron chi connectivity index (χ1n) is 6.40. The Morgan fingerprint density at radius 2 is 1.76 bits per heavy atom. The summed E-state index contributed by atoms with van der Waals surface area (Å²) >= 11 is 1.21.